The molecule has 0 radical (unpaired) electrons. The zero-order valence-corrected chi connectivity index (χ0v) is 15.2. The van der Waals surface area contributed by atoms with E-state index in [0.29, 0.717) is 24.4 Å². The molecule has 24 heavy (non-hydrogen) atoms. The van der Waals surface area contributed by atoms with Gasteiger partial charge in [0.2, 0.25) is 5.91 Å². The lowest BCUT2D eigenvalue weighted by Gasteiger charge is -2.04. The first-order valence-corrected chi connectivity index (χ1v) is 9.61. The molecule has 0 aliphatic rings. The van der Waals surface area contributed by atoms with E-state index in [1.807, 2.05) is 24.3 Å². The van der Waals surface area contributed by atoms with E-state index in [-0.39, 0.29) is 11.6 Å². The fraction of sp³-hybridized carbons (Fsp3) is 0.312. The van der Waals surface area contributed by atoms with Crippen LogP contribution in [0.3, 0.4) is 0 Å². The summed E-state index contributed by atoms with van der Waals surface area (Å²) < 4.78 is 0. The summed E-state index contributed by atoms with van der Waals surface area (Å²) in [6.07, 6.45) is 1.81. The lowest BCUT2D eigenvalue weighted by molar-refractivity contribution is -0.121. The van der Waals surface area contributed by atoms with Gasteiger partial charge in [0, 0.05) is 34.7 Å². The number of carboxylic acid groups (broad SMARTS) is 1. The van der Waals surface area contributed by atoms with Crippen LogP contribution in [0.1, 0.15) is 28.3 Å². The lowest BCUT2D eigenvalue weighted by atomic mass is 10.3. The summed E-state index contributed by atoms with van der Waals surface area (Å²) in [5.74, 6) is -0.162. The molecule has 128 valence electrons. The highest BCUT2D eigenvalue weighted by Gasteiger charge is 2.08. The highest BCUT2D eigenvalue weighted by Crippen LogP contribution is 2.21. The number of benzene rings is 1. The minimum atomic E-state index is -1.03. The minimum absolute atomic E-state index is 0.00159. The van der Waals surface area contributed by atoms with Crippen LogP contribution in [-0.4, -0.2) is 34.3 Å². The average molecular weight is 385 g/mol. The number of nitrogens with one attached hydrogen (secondary N) is 1. The van der Waals surface area contributed by atoms with Crippen LogP contribution in [0.2, 0.25) is 5.02 Å². The highest BCUT2D eigenvalue weighted by molar-refractivity contribution is 7.99. The van der Waals surface area contributed by atoms with Crippen LogP contribution in [0.5, 0.6) is 0 Å². The zero-order valence-electron chi connectivity index (χ0n) is 12.8. The Labute approximate surface area is 153 Å². The summed E-state index contributed by atoms with van der Waals surface area (Å²) in [6.45, 7) is 0.468. The van der Waals surface area contributed by atoms with Crippen molar-refractivity contribution in [3.63, 3.8) is 0 Å². The van der Waals surface area contributed by atoms with Gasteiger partial charge < -0.3 is 10.4 Å². The number of rotatable bonds is 9. The van der Waals surface area contributed by atoms with Gasteiger partial charge in [0.15, 0.2) is 5.69 Å². The maximum atomic E-state index is 11.8. The first kappa shape index (κ1) is 18.8. The predicted octanol–water partition coefficient (Wildman–Crippen LogP) is 3.73. The fourth-order valence-electron chi connectivity index (χ4n) is 1.87. The van der Waals surface area contributed by atoms with Gasteiger partial charge in [-0.25, -0.2) is 9.78 Å². The van der Waals surface area contributed by atoms with E-state index in [0.717, 1.165) is 22.1 Å². The number of carbonyl (C=O) groups is 2. The van der Waals surface area contributed by atoms with Crippen molar-refractivity contribution in [1.82, 2.24) is 10.3 Å². The first-order valence-electron chi connectivity index (χ1n) is 7.37. The first-order chi connectivity index (χ1) is 11.5. The molecule has 0 aliphatic carbocycles. The molecule has 0 aliphatic heterocycles. The fourth-order valence-corrected chi connectivity index (χ4v) is 3.63. The SMILES string of the molecule is O=C(CCCSc1ccc(Cl)cc1)NCCc1nc(C(=O)O)cs1. The van der Waals surface area contributed by atoms with Crippen LogP contribution in [0.4, 0.5) is 0 Å². The van der Waals surface area contributed by atoms with E-state index in [4.69, 9.17) is 16.7 Å². The van der Waals surface area contributed by atoms with Crippen molar-refractivity contribution in [2.24, 2.45) is 0 Å². The number of aromatic carboxylic acids is 1. The van der Waals surface area contributed by atoms with Crippen molar-refractivity contribution in [3.8, 4) is 0 Å². The van der Waals surface area contributed by atoms with Gasteiger partial charge in [-0.15, -0.1) is 23.1 Å². The van der Waals surface area contributed by atoms with Gasteiger partial charge in [0.05, 0.1) is 5.01 Å². The normalized spacial score (nSPS) is 10.5. The second-order valence-corrected chi connectivity index (χ2v) is 7.48. The van der Waals surface area contributed by atoms with Gasteiger partial charge in [-0.05, 0) is 36.4 Å². The topological polar surface area (TPSA) is 79.3 Å². The summed E-state index contributed by atoms with van der Waals surface area (Å²) in [6, 6.07) is 7.63. The number of carboxylic acids is 1. The molecule has 0 spiro atoms. The van der Waals surface area contributed by atoms with E-state index >= 15 is 0 Å². The third-order valence-electron chi connectivity index (χ3n) is 3.06. The molecule has 1 aromatic carbocycles. The van der Waals surface area contributed by atoms with Crippen LogP contribution in [0.25, 0.3) is 0 Å². The van der Waals surface area contributed by atoms with Crippen LogP contribution in [0, 0.1) is 0 Å². The number of nitrogens with zero attached hydrogens (tertiary/aromatic N) is 1. The number of thioether (sulfide) groups is 1. The molecule has 0 saturated carbocycles. The maximum Gasteiger partial charge on any atom is 0.355 e. The third-order valence-corrected chi connectivity index (χ3v) is 5.32. The number of amides is 1. The largest absolute Gasteiger partial charge is 0.476 e. The Bertz CT molecular complexity index is 689. The summed E-state index contributed by atoms with van der Waals surface area (Å²) >= 11 is 8.82. The second kappa shape index (κ2) is 9.66. The van der Waals surface area contributed by atoms with E-state index in [9.17, 15) is 9.59 Å². The summed E-state index contributed by atoms with van der Waals surface area (Å²) in [5, 5.41) is 14.6. The van der Waals surface area contributed by atoms with Gasteiger partial charge in [-0.2, -0.15) is 0 Å². The standard InChI is InChI=1S/C16H17ClN2O3S2/c17-11-3-5-12(6-4-11)23-9-1-2-14(20)18-8-7-15-19-13(10-24-15)16(21)22/h3-6,10H,1-2,7-9H2,(H,18,20)(H,21,22). The Kier molecular flexibility index (Phi) is 7.55. The number of hydrogen-bond donors (Lipinski definition) is 2. The lowest BCUT2D eigenvalue weighted by Crippen LogP contribution is -2.25. The Morgan fingerprint density at radius 3 is 2.71 bits per heavy atom. The number of hydrogen-bond acceptors (Lipinski definition) is 5. The van der Waals surface area contributed by atoms with Crippen LogP contribution < -0.4 is 5.32 Å². The molecule has 8 heteroatoms. The van der Waals surface area contributed by atoms with Gasteiger partial charge in [0.1, 0.15) is 0 Å². The predicted molar refractivity (Wildman–Crippen MR) is 97.2 cm³/mol. The molecule has 0 fully saturated rings. The molecule has 0 saturated heterocycles. The molecule has 1 heterocycles. The molecule has 0 unspecified atom stereocenters. The molecule has 5 nitrogen and oxygen atoms in total. The van der Waals surface area contributed by atoms with E-state index in [1.54, 1.807) is 11.8 Å². The van der Waals surface area contributed by atoms with Gasteiger partial charge in [-0.3, -0.25) is 4.79 Å². The van der Waals surface area contributed by atoms with Crippen LogP contribution >= 0.6 is 34.7 Å². The molecule has 2 rings (SSSR count). The van der Waals surface area contributed by atoms with Crippen LogP contribution in [0.15, 0.2) is 34.5 Å². The molecule has 2 aromatic rings. The van der Waals surface area contributed by atoms with Crippen molar-refractivity contribution in [1.29, 1.82) is 0 Å². The zero-order chi connectivity index (χ0) is 17.4. The van der Waals surface area contributed by atoms with Crippen LogP contribution in [-0.2, 0) is 11.2 Å². The van der Waals surface area contributed by atoms with Gasteiger partial charge >= 0.3 is 5.97 Å². The van der Waals surface area contributed by atoms with E-state index in [2.05, 4.69) is 10.3 Å². The van der Waals surface area contributed by atoms with E-state index < -0.39 is 5.97 Å². The van der Waals surface area contributed by atoms with Gasteiger partial charge in [-0.1, -0.05) is 11.6 Å². The van der Waals surface area contributed by atoms with Crippen molar-refractivity contribution >= 4 is 46.6 Å². The number of halogens is 1. The molecular weight excluding hydrogens is 368 g/mol. The maximum absolute atomic E-state index is 11.8. The van der Waals surface area contributed by atoms with Crippen molar-refractivity contribution in [3.05, 3.63) is 45.4 Å². The molecule has 2 N–H and O–H groups in total. The summed E-state index contributed by atoms with van der Waals surface area (Å²) in [5.41, 5.74) is 0.0561. The van der Waals surface area contributed by atoms with E-state index in [1.165, 1.54) is 16.7 Å². The Morgan fingerprint density at radius 1 is 1.29 bits per heavy atom. The third kappa shape index (κ3) is 6.51. The molecule has 0 bridgehead atoms. The Morgan fingerprint density at radius 2 is 2.04 bits per heavy atom. The molecule has 1 amide bonds. The minimum Gasteiger partial charge on any atom is -0.476 e. The Hall–Kier alpha value is -1.57. The summed E-state index contributed by atoms with van der Waals surface area (Å²) in [7, 11) is 0. The van der Waals surface area contributed by atoms with Crippen molar-refractivity contribution in [2.45, 2.75) is 24.2 Å². The molecule has 1 aromatic heterocycles. The summed E-state index contributed by atoms with van der Waals surface area (Å²) in [4.78, 5) is 27.6. The molecular formula is C16H17ClN2O3S2. The average Bonchev–Trinajstić information content (AvgIpc) is 3.02. The molecule has 0 atom stereocenters. The van der Waals surface area contributed by atoms with Crippen molar-refractivity contribution in [2.75, 3.05) is 12.3 Å². The monoisotopic (exact) mass is 384 g/mol. The number of aromatic nitrogens is 1. The smallest absolute Gasteiger partial charge is 0.355 e. The number of thiazole rings is 1. The van der Waals surface area contributed by atoms with Gasteiger partial charge in [0.25, 0.3) is 0 Å². The van der Waals surface area contributed by atoms with Crippen molar-refractivity contribution < 1.29 is 14.7 Å². The highest BCUT2D eigenvalue weighted by atomic mass is 35.5. The Balaban J connectivity index is 1.57. The number of carbonyl (C=O) groups excluding carboxylic acids is 1. The quantitative estimate of drug-likeness (QED) is 0.508. The second-order valence-electron chi connectivity index (χ2n) is 4.94.